The van der Waals surface area contributed by atoms with Gasteiger partial charge in [-0.1, -0.05) is 0 Å². The number of hydroxylamine groups is 2. The zero-order valence-corrected chi connectivity index (χ0v) is 10.3. The average molecular weight is 293 g/mol. The second kappa shape index (κ2) is 5.12. The Kier molecular flexibility index (Phi) is 3.66. The standard InChI is InChI=1S/C10H10F3N3O4/c1-19-8(17)6-4-14-16-3-2-15(5-7(6)16)20-9(18)10(11,12)13/h4H,2-3,5H2,1H3. The van der Waals surface area contributed by atoms with Crippen molar-refractivity contribution in [2.75, 3.05) is 13.7 Å². The Hall–Kier alpha value is -2.10. The van der Waals surface area contributed by atoms with E-state index in [-0.39, 0.29) is 25.2 Å². The van der Waals surface area contributed by atoms with Crippen molar-refractivity contribution in [3.05, 3.63) is 17.5 Å². The van der Waals surface area contributed by atoms with Gasteiger partial charge in [0, 0.05) is 0 Å². The zero-order chi connectivity index (χ0) is 14.9. The maximum Gasteiger partial charge on any atom is 0.492 e. The lowest BCUT2D eigenvalue weighted by molar-refractivity contribution is -0.243. The number of methoxy groups -OCH3 is 1. The van der Waals surface area contributed by atoms with Crippen molar-refractivity contribution >= 4 is 11.9 Å². The van der Waals surface area contributed by atoms with E-state index in [1.165, 1.54) is 18.0 Å². The average Bonchev–Trinajstić information content (AvgIpc) is 2.79. The van der Waals surface area contributed by atoms with Crippen LogP contribution in [-0.2, 0) is 27.5 Å². The lowest BCUT2D eigenvalue weighted by atomic mass is 10.2. The van der Waals surface area contributed by atoms with Crippen LogP contribution in [0, 0.1) is 0 Å². The van der Waals surface area contributed by atoms with Crippen LogP contribution in [0.2, 0.25) is 0 Å². The maximum atomic E-state index is 12.1. The molecule has 0 radical (unpaired) electrons. The topological polar surface area (TPSA) is 73.7 Å². The van der Waals surface area contributed by atoms with Crippen LogP contribution in [0.15, 0.2) is 6.20 Å². The number of carbonyl (C=O) groups is 2. The van der Waals surface area contributed by atoms with E-state index in [9.17, 15) is 22.8 Å². The van der Waals surface area contributed by atoms with Gasteiger partial charge in [-0.15, -0.1) is 5.06 Å². The molecule has 0 unspecified atom stereocenters. The van der Waals surface area contributed by atoms with Gasteiger partial charge in [0.25, 0.3) is 0 Å². The molecule has 10 heteroatoms. The molecule has 0 saturated heterocycles. The molecule has 2 heterocycles. The SMILES string of the molecule is COC(=O)c1cnn2c1CN(OC(=O)C(F)(F)F)CC2. The molecule has 0 fully saturated rings. The highest BCUT2D eigenvalue weighted by molar-refractivity contribution is 5.90. The number of esters is 1. The van der Waals surface area contributed by atoms with Crippen LogP contribution in [0.5, 0.6) is 0 Å². The Bertz CT molecular complexity index is 540. The molecule has 0 aliphatic carbocycles. The first kappa shape index (κ1) is 14.3. The first-order valence-electron chi connectivity index (χ1n) is 5.50. The van der Waals surface area contributed by atoms with Crippen LogP contribution in [0.1, 0.15) is 16.1 Å². The number of nitrogens with zero attached hydrogens (tertiary/aromatic N) is 3. The summed E-state index contributed by atoms with van der Waals surface area (Å²) in [6, 6.07) is 0. The molecular formula is C10H10F3N3O4. The minimum Gasteiger partial charge on any atom is -0.465 e. The molecule has 2 rings (SSSR count). The summed E-state index contributed by atoms with van der Waals surface area (Å²) in [6.07, 6.45) is -3.81. The van der Waals surface area contributed by atoms with Crippen molar-refractivity contribution < 1.29 is 32.3 Å². The molecule has 0 amide bonds. The number of alkyl halides is 3. The first-order chi connectivity index (χ1) is 9.32. The Morgan fingerprint density at radius 3 is 2.65 bits per heavy atom. The van der Waals surface area contributed by atoms with E-state index in [0.717, 1.165) is 5.06 Å². The maximum absolute atomic E-state index is 12.1. The molecule has 1 aromatic rings. The highest BCUT2D eigenvalue weighted by atomic mass is 19.4. The third kappa shape index (κ3) is 2.74. The molecule has 0 aromatic carbocycles. The van der Waals surface area contributed by atoms with E-state index in [2.05, 4.69) is 14.7 Å². The summed E-state index contributed by atoms with van der Waals surface area (Å²) in [4.78, 5) is 26.4. The summed E-state index contributed by atoms with van der Waals surface area (Å²) in [6.45, 7) is 0.0564. The predicted octanol–water partition coefficient (Wildman–Crippen LogP) is 0.506. The molecule has 0 saturated carbocycles. The van der Waals surface area contributed by atoms with E-state index in [1.807, 2.05) is 0 Å². The van der Waals surface area contributed by atoms with E-state index in [0.29, 0.717) is 5.69 Å². The van der Waals surface area contributed by atoms with Gasteiger partial charge in [0.05, 0.1) is 38.6 Å². The van der Waals surface area contributed by atoms with Gasteiger partial charge in [-0.05, 0) is 0 Å². The van der Waals surface area contributed by atoms with E-state index in [4.69, 9.17) is 0 Å². The van der Waals surface area contributed by atoms with Crippen LogP contribution in [-0.4, -0.2) is 46.6 Å². The Labute approximate surface area is 110 Å². The Balaban J connectivity index is 2.12. The second-order valence-electron chi connectivity index (χ2n) is 3.96. The molecule has 0 spiro atoms. The van der Waals surface area contributed by atoms with Crippen LogP contribution >= 0.6 is 0 Å². The number of halogens is 3. The first-order valence-corrected chi connectivity index (χ1v) is 5.50. The molecule has 0 bridgehead atoms. The summed E-state index contributed by atoms with van der Waals surface area (Å²) >= 11 is 0. The van der Waals surface area contributed by atoms with Crippen LogP contribution in [0.25, 0.3) is 0 Å². The minimum atomic E-state index is -5.07. The van der Waals surface area contributed by atoms with Crippen LogP contribution in [0.4, 0.5) is 13.2 Å². The van der Waals surface area contributed by atoms with Crippen molar-refractivity contribution in [3.63, 3.8) is 0 Å². The summed E-state index contributed by atoms with van der Waals surface area (Å²) in [5.41, 5.74) is 0.457. The number of carbonyl (C=O) groups excluding carboxylic acids is 2. The highest BCUT2D eigenvalue weighted by Gasteiger charge is 2.43. The third-order valence-corrected chi connectivity index (χ3v) is 2.68. The van der Waals surface area contributed by atoms with Crippen molar-refractivity contribution in [3.8, 4) is 0 Å². The van der Waals surface area contributed by atoms with Gasteiger partial charge in [-0.2, -0.15) is 18.3 Å². The molecular weight excluding hydrogens is 283 g/mol. The molecule has 1 aromatic heterocycles. The third-order valence-electron chi connectivity index (χ3n) is 2.68. The molecule has 0 atom stereocenters. The number of hydrogen-bond donors (Lipinski definition) is 0. The van der Waals surface area contributed by atoms with Gasteiger partial charge in [-0.3, -0.25) is 4.68 Å². The molecule has 7 nitrogen and oxygen atoms in total. The number of fused-ring (bicyclic) bond motifs is 1. The summed E-state index contributed by atoms with van der Waals surface area (Å²) in [7, 11) is 1.18. The van der Waals surface area contributed by atoms with E-state index >= 15 is 0 Å². The van der Waals surface area contributed by atoms with Crippen molar-refractivity contribution in [2.24, 2.45) is 0 Å². The number of aromatic nitrogens is 2. The van der Waals surface area contributed by atoms with Gasteiger partial charge in [0.2, 0.25) is 0 Å². The van der Waals surface area contributed by atoms with Crippen molar-refractivity contribution in [1.29, 1.82) is 0 Å². The lowest BCUT2D eigenvalue weighted by Crippen LogP contribution is -2.40. The van der Waals surface area contributed by atoms with Crippen LogP contribution in [0.3, 0.4) is 0 Å². The lowest BCUT2D eigenvalue weighted by Gasteiger charge is -2.26. The van der Waals surface area contributed by atoms with E-state index < -0.39 is 18.1 Å². The zero-order valence-electron chi connectivity index (χ0n) is 10.3. The summed E-state index contributed by atoms with van der Waals surface area (Å²) in [5.74, 6) is -2.96. The fourth-order valence-electron chi connectivity index (χ4n) is 1.75. The fraction of sp³-hybridized carbons (Fsp3) is 0.500. The highest BCUT2D eigenvalue weighted by Crippen LogP contribution is 2.21. The number of ether oxygens (including phenoxy) is 1. The molecule has 1 aliphatic heterocycles. The van der Waals surface area contributed by atoms with Gasteiger partial charge in [0.15, 0.2) is 0 Å². The summed E-state index contributed by atoms with van der Waals surface area (Å²) in [5, 5.41) is 4.75. The van der Waals surface area contributed by atoms with Crippen LogP contribution < -0.4 is 0 Å². The quantitative estimate of drug-likeness (QED) is 0.740. The largest absolute Gasteiger partial charge is 0.492 e. The van der Waals surface area contributed by atoms with Crippen molar-refractivity contribution in [1.82, 2.24) is 14.8 Å². The molecule has 0 N–H and O–H groups in total. The smallest absolute Gasteiger partial charge is 0.465 e. The predicted molar refractivity (Wildman–Crippen MR) is 56.1 cm³/mol. The van der Waals surface area contributed by atoms with Gasteiger partial charge in [-0.25, -0.2) is 9.59 Å². The monoisotopic (exact) mass is 293 g/mol. The normalized spacial score (nSPS) is 15.6. The van der Waals surface area contributed by atoms with Gasteiger partial charge < -0.3 is 9.57 Å². The Morgan fingerprint density at radius 1 is 1.35 bits per heavy atom. The molecule has 110 valence electrons. The number of hydrogen-bond acceptors (Lipinski definition) is 6. The van der Waals surface area contributed by atoms with Gasteiger partial charge >= 0.3 is 18.1 Å². The minimum absolute atomic E-state index is 0.0388. The second-order valence-corrected chi connectivity index (χ2v) is 3.96. The van der Waals surface area contributed by atoms with Gasteiger partial charge in [0.1, 0.15) is 5.56 Å². The van der Waals surface area contributed by atoms with E-state index in [1.54, 1.807) is 0 Å². The molecule has 1 aliphatic rings. The number of rotatable bonds is 2. The Morgan fingerprint density at radius 2 is 2.05 bits per heavy atom. The molecule has 20 heavy (non-hydrogen) atoms. The van der Waals surface area contributed by atoms with Crippen molar-refractivity contribution in [2.45, 2.75) is 19.3 Å². The fourth-order valence-corrected chi connectivity index (χ4v) is 1.75. The summed E-state index contributed by atoms with van der Waals surface area (Å²) < 4.78 is 42.3.